The molecular weight excluding hydrogens is 180 g/mol. The van der Waals surface area contributed by atoms with E-state index in [0.29, 0.717) is 11.1 Å². The number of carbonyl (C=O) groups is 1. The van der Waals surface area contributed by atoms with Crippen LogP contribution in [0.4, 0.5) is 0 Å². The zero-order chi connectivity index (χ0) is 10.6. The summed E-state index contributed by atoms with van der Waals surface area (Å²) < 4.78 is 0. The van der Waals surface area contributed by atoms with Crippen molar-refractivity contribution in [2.75, 3.05) is 0 Å². The molecule has 0 unspecified atom stereocenters. The second-order valence-electron chi connectivity index (χ2n) is 2.85. The van der Waals surface area contributed by atoms with Crippen molar-refractivity contribution in [3.05, 3.63) is 35.4 Å². The monoisotopic (exact) mass is 190 g/mol. The minimum absolute atomic E-state index is 0.178. The van der Waals surface area contributed by atoms with Crippen LogP contribution in [-0.4, -0.2) is 11.1 Å². The van der Waals surface area contributed by atoms with Gasteiger partial charge in [-0.1, -0.05) is 24.3 Å². The van der Waals surface area contributed by atoms with Crippen molar-refractivity contribution in [3.63, 3.8) is 0 Å². The normalized spacial score (nSPS) is 11.7. The summed E-state index contributed by atoms with van der Waals surface area (Å²) in [5, 5.41) is 17.2. The third-order valence-corrected chi connectivity index (χ3v) is 1.93. The van der Waals surface area contributed by atoms with Crippen molar-refractivity contribution in [3.8, 4) is 6.07 Å². The largest absolute Gasteiger partial charge is 0.480 e. The molecule has 1 rings (SSSR count). The van der Waals surface area contributed by atoms with Crippen LogP contribution in [0.2, 0.25) is 0 Å². The van der Waals surface area contributed by atoms with Crippen LogP contribution in [-0.2, 0) is 11.2 Å². The fourth-order valence-corrected chi connectivity index (χ4v) is 1.22. The van der Waals surface area contributed by atoms with Gasteiger partial charge in [-0.15, -0.1) is 0 Å². The summed E-state index contributed by atoms with van der Waals surface area (Å²) >= 11 is 0. The van der Waals surface area contributed by atoms with Gasteiger partial charge in [0.25, 0.3) is 0 Å². The Hall–Kier alpha value is -1.86. The number of hydrogen-bond donors (Lipinski definition) is 2. The number of nitrogens with zero attached hydrogens (tertiary/aromatic N) is 1. The predicted molar refractivity (Wildman–Crippen MR) is 50.3 cm³/mol. The molecule has 0 amide bonds. The first-order chi connectivity index (χ1) is 6.66. The molecule has 4 heteroatoms. The molecule has 0 heterocycles. The minimum Gasteiger partial charge on any atom is -0.480 e. The molecule has 0 spiro atoms. The fourth-order valence-electron chi connectivity index (χ4n) is 1.22. The maximum absolute atomic E-state index is 10.6. The van der Waals surface area contributed by atoms with Gasteiger partial charge >= 0.3 is 5.97 Å². The first-order valence-electron chi connectivity index (χ1n) is 4.10. The molecule has 1 aromatic carbocycles. The van der Waals surface area contributed by atoms with Crippen molar-refractivity contribution in [2.45, 2.75) is 12.5 Å². The SMILES string of the molecule is N#CCc1ccccc1[C@H](N)C(=O)O. The highest BCUT2D eigenvalue weighted by atomic mass is 16.4. The quantitative estimate of drug-likeness (QED) is 0.739. The van der Waals surface area contributed by atoms with E-state index in [9.17, 15) is 4.79 Å². The lowest BCUT2D eigenvalue weighted by Gasteiger charge is -2.10. The molecule has 72 valence electrons. The number of hydrogen-bond acceptors (Lipinski definition) is 3. The molecule has 0 aliphatic heterocycles. The Morgan fingerprint density at radius 3 is 2.79 bits per heavy atom. The molecule has 4 nitrogen and oxygen atoms in total. The predicted octanol–water partition coefficient (Wildman–Crippen LogP) is 0.837. The molecule has 1 atom stereocenters. The average Bonchev–Trinajstić information content (AvgIpc) is 2.18. The molecule has 0 aromatic heterocycles. The van der Waals surface area contributed by atoms with Crippen molar-refractivity contribution in [2.24, 2.45) is 5.73 Å². The second-order valence-corrected chi connectivity index (χ2v) is 2.85. The Bertz CT molecular complexity index is 382. The smallest absolute Gasteiger partial charge is 0.325 e. The molecule has 0 aliphatic carbocycles. The number of benzene rings is 1. The Balaban J connectivity index is 3.07. The molecule has 0 aliphatic rings. The van der Waals surface area contributed by atoms with Gasteiger partial charge in [-0.05, 0) is 11.1 Å². The van der Waals surface area contributed by atoms with Gasteiger partial charge in [-0.3, -0.25) is 4.79 Å². The van der Waals surface area contributed by atoms with E-state index in [2.05, 4.69) is 0 Å². The Morgan fingerprint density at radius 1 is 1.57 bits per heavy atom. The summed E-state index contributed by atoms with van der Waals surface area (Å²) in [6, 6.07) is 7.72. The van der Waals surface area contributed by atoms with Gasteiger partial charge in [0.05, 0.1) is 12.5 Å². The number of nitriles is 1. The molecule has 14 heavy (non-hydrogen) atoms. The van der Waals surface area contributed by atoms with Gasteiger partial charge in [0.15, 0.2) is 0 Å². The number of carboxylic acid groups (broad SMARTS) is 1. The van der Waals surface area contributed by atoms with E-state index in [1.165, 1.54) is 0 Å². The number of nitrogens with two attached hydrogens (primary N) is 1. The average molecular weight is 190 g/mol. The molecule has 0 saturated carbocycles. The van der Waals surface area contributed by atoms with Crippen molar-refractivity contribution in [1.29, 1.82) is 5.26 Å². The van der Waals surface area contributed by atoms with Crippen LogP contribution < -0.4 is 5.73 Å². The topological polar surface area (TPSA) is 87.1 Å². The van der Waals surface area contributed by atoms with Gasteiger partial charge in [0, 0.05) is 0 Å². The van der Waals surface area contributed by atoms with Crippen LogP contribution in [0.1, 0.15) is 17.2 Å². The molecular formula is C10H10N2O2. The van der Waals surface area contributed by atoms with Gasteiger partial charge in [0.2, 0.25) is 0 Å². The minimum atomic E-state index is -1.09. The van der Waals surface area contributed by atoms with E-state index < -0.39 is 12.0 Å². The number of rotatable bonds is 3. The Labute approximate surface area is 81.6 Å². The summed E-state index contributed by atoms with van der Waals surface area (Å²) in [5.41, 5.74) is 6.63. The maximum Gasteiger partial charge on any atom is 0.325 e. The van der Waals surface area contributed by atoms with Crippen LogP contribution in [0.25, 0.3) is 0 Å². The highest BCUT2D eigenvalue weighted by Crippen LogP contribution is 2.16. The van der Waals surface area contributed by atoms with E-state index in [-0.39, 0.29) is 6.42 Å². The van der Waals surface area contributed by atoms with Crippen LogP contribution in [0.3, 0.4) is 0 Å². The zero-order valence-corrected chi connectivity index (χ0v) is 7.47. The number of carboxylic acids is 1. The standard InChI is InChI=1S/C10H10N2O2/c11-6-5-7-3-1-2-4-8(7)9(12)10(13)14/h1-4,9H,5,12H2,(H,13,14)/t9-/m0/s1. The van der Waals surface area contributed by atoms with Crippen LogP contribution in [0.5, 0.6) is 0 Å². The van der Waals surface area contributed by atoms with Crippen molar-refractivity contribution < 1.29 is 9.90 Å². The van der Waals surface area contributed by atoms with Gasteiger partial charge in [0.1, 0.15) is 6.04 Å². The lowest BCUT2D eigenvalue weighted by atomic mass is 9.99. The van der Waals surface area contributed by atoms with Crippen molar-refractivity contribution in [1.82, 2.24) is 0 Å². The zero-order valence-electron chi connectivity index (χ0n) is 7.47. The first-order valence-corrected chi connectivity index (χ1v) is 4.10. The summed E-state index contributed by atoms with van der Waals surface area (Å²) in [6.07, 6.45) is 0.178. The first kappa shape index (κ1) is 10.2. The third-order valence-electron chi connectivity index (χ3n) is 1.93. The van der Waals surface area contributed by atoms with Crippen LogP contribution in [0.15, 0.2) is 24.3 Å². The summed E-state index contributed by atoms with van der Waals surface area (Å²) in [4.78, 5) is 10.6. The summed E-state index contributed by atoms with van der Waals surface area (Å²) in [6.45, 7) is 0. The Kier molecular flexibility index (Phi) is 3.21. The highest BCUT2D eigenvalue weighted by Gasteiger charge is 2.16. The maximum atomic E-state index is 10.6. The van der Waals surface area contributed by atoms with Gasteiger partial charge in [-0.25, -0.2) is 0 Å². The molecule has 1 aromatic rings. The van der Waals surface area contributed by atoms with E-state index in [4.69, 9.17) is 16.1 Å². The van der Waals surface area contributed by atoms with Crippen LogP contribution >= 0.6 is 0 Å². The highest BCUT2D eigenvalue weighted by molar-refractivity contribution is 5.75. The molecule has 0 fully saturated rings. The van der Waals surface area contributed by atoms with Gasteiger partial charge in [-0.2, -0.15) is 5.26 Å². The van der Waals surface area contributed by atoms with E-state index >= 15 is 0 Å². The fraction of sp³-hybridized carbons (Fsp3) is 0.200. The molecule has 0 saturated heterocycles. The lowest BCUT2D eigenvalue weighted by molar-refractivity contribution is -0.138. The summed E-state index contributed by atoms with van der Waals surface area (Å²) in [7, 11) is 0. The van der Waals surface area contributed by atoms with Crippen LogP contribution in [0, 0.1) is 11.3 Å². The van der Waals surface area contributed by atoms with E-state index in [1.807, 2.05) is 6.07 Å². The molecule has 0 bridgehead atoms. The molecule has 0 radical (unpaired) electrons. The lowest BCUT2D eigenvalue weighted by Crippen LogP contribution is -2.21. The van der Waals surface area contributed by atoms with E-state index in [1.54, 1.807) is 24.3 Å². The number of aliphatic carboxylic acids is 1. The third kappa shape index (κ3) is 2.09. The second kappa shape index (κ2) is 4.40. The summed E-state index contributed by atoms with van der Waals surface area (Å²) in [5.74, 6) is -1.09. The van der Waals surface area contributed by atoms with Gasteiger partial charge < -0.3 is 10.8 Å². The molecule has 3 N–H and O–H groups in total. The Morgan fingerprint density at radius 2 is 2.21 bits per heavy atom. The van der Waals surface area contributed by atoms with Crippen molar-refractivity contribution >= 4 is 5.97 Å². The van der Waals surface area contributed by atoms with E-state index in [0.717, 1.165) is 0 Å².